The molecule has 1 aromatic rings. The lowest BCUT2D eigenvalue weighted by Crippen LogP contribution is -2.36. The summed E-state index contributed by atoms with van der Waals surface area (Å²) in [6.45, 7) is 0. The molecule has 0 spiro atoms. The van der Waals surface area contributed by atoms with Crippen LogP contribution in [0, 0.1) is 9.49 Å². The van der Waals surface area contributed by atoms with Crippen LogP contribution in [0.2, 0.25) is 5.02 Å². The topological polar surface area (TPSA) is 68.0 Å². The maximum absolute atomic E-state index is 11.7. The first-order valence-electron chi connectivity index (χ1n) is 4.95. The van der Waals surface area contributed by atoms with E-state index in [-0.39, 0.29) is 11.8 Å². The maximum atomic E-state index is 11.7. The lowest BCUT2D eigenvalue weighted by atomic mass is 9.98. The van der Waals surface area contributed by atoms with E-state index < -0.39 is 0 Å². The predicted octanol–water partition coefficient (Wildman–Crippen LogP) is 1.82. The van der Waals surface area contributed by atoms with Crippen LogP contribution in [0.4, 0.5) is 0 Å². The number of carbonyl (C=O) groups excluding carboxylic acids is 1. The van der Waals surface area contributed by atoms with Crippen molar-refractivity contribution in [2.24, 2.45) is 11.8 Å². The number of amides is 1. The number of halogens is 2. The molecule has 0 bridgehead atoms. The molecule has 1 heterocycles. The minimum atomic E-state index is -0.268. The van der Waals surface area contributed by atoms with Gasteiger partial charge in [0.15, 0.2) is 0 Å². The molecule has 1 unspecified atom stereocenters. The third kappa shape index (κ3) is 2.31. The molecule has 0 aromatic carbocycles. The van der Waals surface area contributed by atoms with Gasteiger partial charge in [-0.05, 0) is 47.4 Å². The molecule has 1 aromatic heterocycles. The van der Waals surface area contributed by atoms with E-state index in [9.17, 15) is 4.79 Å². The summed E-state index contributed by atoms with van der Waals surface area (Å²) in [5.74, 6) is 5.10. The van der Waals surface area contributed by atoms with Gasteiger partial charge in [0, 0.05) is 6.20 Å². The van der Waals surface area contributed by atoms with Gasteiger partial charge in [-0.3, -0.25) is 15.2 Å². The van der Waals surface area contributed by atoms with Crippen molar-refractivity contribution in [1.29, 1.82) is 0 Å². The van der Waals surface area contributed by atoms with E-state index in [0.29, 0.717) is 10.9 Å². The molecule has 86 valence electrons. The Morgan fingerprint density at radius 1 is 1.69 bits per heavy atom. The van der Waals surface area contributed by atoms with Crippen molar-refractivity contribution in [1.82, 2.24) is 10.4 Å². The highest BCUT2D eigenvalue weighted by Gasteiger charge is 2.39. The van der Waals surface area contributed by atoms with Gasteiger partial charge in [0.1, 0.15) is 0 Å². The number of aromatic nitrogens is 1. The molecule has 1 aliphatic carbocycles. The number of pyridine rings is 1. The number of hydrogen-bond acceptors (Lipinski definition) is 3. The summed E-state index contributed by atoms with van der Waals surface area (Å²) in [7, 11) is 0. The zero-order chi connectivity index (χ0) is 11.7. The van der Waals surface area contributed by atoms with Gasteiger partial charge in [-0.15, -0.1) is 0 Å². The highest BCUT2D eigenvalue weighted by atomic mass is 127. The van der Waals surface area contributed by atoms with Gasteiger partial charge in [0.2, 0.25) is 5.91 Å². The third-order valence-electron chi connectivity index (χ3n) is 2.68. The van der Waals surface area contributed by atoms with Crippen molar-refractivity contribution in [3.8, 4) is 0 Å². The van der Waals surface area contributed by atoms with Gasteiger partial charge >= 0.3 is 0 Å². The number of hydrogen-bond donors (Lipinski definition) is 2. The van der Waals surface area contributed by atoms with Crippen molar-refractivity contribution in [2.45, 2.75) is 18.8 Å². The highest BCUT2D eigenvalue weighted by Crippen LogP contribution is 2.43. The summed E-state index contributed by atoms with van der Waals surface area (Å²) >= 11 is 8.14. The van der Waals surface area contributed by atoms with Gasteiger partial charge in [-0.1, -0.05) is 11.6 Å². The van der Waals surface area contributed by atoms with E-state index in [1.807, 2.05) is 0 Å². The first kappa shape index (κ1) is 12.1. The molecule has 1 atom stereocenters. The number of rotatable bonds is 3. The Bertz CT molecular complexity index is 423. The Kier molecular flexibility index (Phi) is 3.66. The Morgan fingerprint density at radius 2 is 2.38 bits per heavy atom. The minimum Gasteiger partial charge on any atom is -0.294 e. The predicted molar refractivity (Wildman–Crippen MR) is 69.8 cm³/mol. The first-order valence-corrected chi connectivity index (χ1v) is 6.41. The van der Waals surface area contributed by atoms with Crippen LogP contribution in [0.15, 0.2) is 12.3 Å². The van der Waals surface area contributed by atoms with Crippen molar-refractivity contribution in [3.05, 3.63) is 26.5 Å². The molecule has 6 heteroatoms. The smallest absolute Gasteiger partial charge is 0.243 e. The summed E-state index contributed by atoms with van der Waals surface area (Å²) in [6, 6.07) is 1.72. The van der Waals surface area contributed by atoms with Crippen molar-refractivity contribution < 1.29 is 4.79 Å². The molecule has 1 amide bonds. The van der Waals surface area contributed by atoms with Gasteiger partial charge in [0.05, 0.1) is 20.2 Å². The molecular formula is C10H11ClIN3O. The lowest BCUT2D eigenvalue weighted by molar-refractivity contribution is -0.123. The molecule has 0 aliphatic heterocycles. The van der Waals surface area contributed by atoms with Gasteiger partial charge in [-0.25, -0.2) is 5.84 Å². The summed E-state index contributed by atoms with van der Waals surface area (Å²) in [5.41, 5.74) is 2.94. The zero-order valence-corrected chi connectivity index (χ0v) is 11.3. The van der Waals surface area contributed by atoms with E-state index in [4.69, 9.17) is 17.4 Å². The lowest BCUT2D eigenvalue weighted by Gasteiger charge is -2.15. The normalized spacial score (nSPS) is 16.9. The van der Waals surface area contributed by atoms with Crippen LogP contribution in [0.3, 0.4) is 0 Å². The van der Waals surface area contributed by atoms with Gasteiger partial charge < -0.3 is 0 Å². The first-order chi connectivity index (χ1) is 7.65. The average molecular weight is 352 g/mol. The van der Waals surface area contributed by atoms with E-state index in [1.165, 1.54) is 0 Å². The van der Waals surface area contributed by atoms with Gasteiger partial charge in [0.25, 0.3) is 0 Å². The second-order valence-corrected chi connectivity index (χ2v) is 5.30. The zero-order valence-electron chi connectivity index (χ0n) is 8.41. The number of nitrogens with two attached hydrogens (primary N) is 1. The quantitative estimate of drug-likeness (QED) is 0.378. The van der Waals surface area contributed by atoms with Gasteiger partial charge in [-0.2, -0.15) is 0 Å². The Morgan fingerprint density at radius 3 is 2.94 bits per heavy atom. The Hall–Kier alpha value is -0.400. The molecule has 1 aliphatic rings. The fourth-order valence-corrected chi connectivity index (χ4v) is 2.54. The second-order valence-electron chi connectivity index (χ2n) is 3.82. The van der Waals surface area contributed by atoms with Crippen LogP contribution in [-0.4, -0.2) is 10.9 Å². The Labute approximate surface area is 112 Å². The van der Waals surface area contributed by atoms with Crippen LogP contribution >= 0.6 is 34.2 Å². The summed E-state index contributed by atoms with van der Waals surface area (Å²) < 4.78 is 0.835. The van der Waals surface area contributed by atoms with E-state index in [2.05, 4.69) is 33.0 Å². The van der Waals surface area contributed by atoms with Crippen LogP contribution in [0.5, 0.6) is 0 Å². The van der Waals surface area contributed by atoms with Crippen molar-refractivity contribution in [2.75, 3.05) is 0 Å². The van der Waals surface area contributed by atoms with Crippen molar-refractivity contribution in [3.63, 3.8) is 0 Å². The second kappa shape index (κ2) is 4.85. The molecule has 1 saturated carbocycles. The van der Waals surface area contributed by atoms with Crippen LogP contribution in [0.1, 0.15) is 24.5 Å². The number of nitrogens with one attached hydrogen (secondary N) is 1. The summed E-state index contributed by atoms with van der Waals surface area (Å²) in [4.78, 5) is 16.0. The summed E-state index contributed by atoms with van der Waals surface area (Å²) in [6.07, 6.45) is 3.71. The van der Waals surface area contributed by atoms with Crippen LogP contribution in [-0.2, 0) is 4.79 Å². The van der Waals surface area contributed by atoms with Crippen LogP contribution in [0.25, 0.3) is 0 Å². The largest absolute Gasteiger partial charge is 0.294 e. The monoisotopic (exact) mass is 351 g/mol. The minimum absolute atomic E-state index is 0.185. The standard InChI is InChI=1S/C10H11ClIN3O/c11-6-3-4-14-9(8(6)12)7(5-1-2-5)10(16)15-13/h3-5,7H,1-2,13H2,(H,15,16). The fraction of sp³-hybridized carbons (Fsp3) is 0.400. The number of nitrogens with zero attached hydrogens (tertiary/aromatic N) is 1. The van der Waals surface area contributed by atoms with E-state index in [0.717, 1.165) is 22.1 Å². The number of carbonyl (C=O) groups is 1. The number of hydrazine groups is 1. The highest BCUT2D eigenvalue weighted by molar-refractivity contribution is 14.1. The fourth-order valence-electron chi connectivity index (χ4n) is 1.73. The molecule has 0 saturated heterocycles. The van der Waals surface area contributed by atoms with E-state index in [1.54, 1.807) is 12.3 Å². The third-order valence-corrected chi connectivity index (χ3v) is 4.45. The molecule has 2 rings (SSSR count). The molecule has 16 heavy (non-hydrogen) atoms. The summed E-state index contributed by atoms with van der Waals surface area (Å²) in [5, 5.41) is 0.626. The molecule has 4 nitrogen and oxygen atoms in total. The molecular weight excluding hydrogens is 340 g/mol. The SMILES string of the molecule is NNC(=O)C(c1nccc(Cl)c1I)C1CC1. The molecule has 1 fully saturated rings. The Balaban J connectivity index is 2.38. The van der Waals surface area contributed by atoms with E-state index >= 15 is 0 Å². The molecule has 3 N–H and O–H groups in total. The molecule has 0 radical (unpaired) electrons. The van der Waals surface area contributed by atoms with Crippen LogP contribution < -0.4 is 11.3 Å². The van der Waals surface area contributed by atoms with Crippen molar-refractivity contribution >= 4 is 40.1 Å². The average Bonchev–Trinajstić information content (AvgIpc) is 3.08. The maximum Gasteiger partial charge on any atom is 0.243 e.